The van der Waals surface area contributed by atoms with Gasteiger partial charge in [0, 0.05) is 0 Å². The van der Waals surface area contributed by atoms with Crippen LogP contribution in [0.25, 0.3) is 0 Å². The van der Waals surface area contributed by atoms with E-state index in [-0.39, 0.29) is 9.13 Å². The van der Waals surface area contributed by atoms with E-state index < -0.39 is 27.3 Å². The number of alkyl halides is 3. The fourth-order valence-corrected chi connectivity index (χ4v) is 2.23. The van der Waals surface area contributed by atoms with E-state index in [9.17, 15) is 26.4 Å². The lowest BCUT2D eigenvalue weighted by atomic mass is 10.2. The molecule has 0 fully saturated rings. The molecule has 0 unspecified atom stereocenters. The van der Waals surface area contributed by atoms with Crippen LogP contribution in [0, 0.1) is 3.57 Å². The van der Waals surface area contributed by atoms with Crippen molar-refractivity contribution in [2.24, 2.45) is 0 Å². The fraction of sp³-hybridized carbons (Fsp3) is 0.222. The molecule has 0 N–H and O–H groups in total. The van der Waals surface area contributed by atoms with Crippen LogP contribution in [-0.2, 0) is 14.9 Å². The first-order chi connectivity index (χ1) is 8.58. The topological polar surface area (TPSA) is 69.7 Å². The van der Waals surface area contributed by atoms with Gasteiger partial charge in [0.25, 0.3) is 0 Å². The maximum absolute atomic E-state index is 12.1. The molecule has 0 bridgehead atoms. The lowest BCUT2D eigenvalue weighted by Gasteiger charge is -2.11. The highest BCUT2D eigenvalue weighted by molar-refractivity contribution is 14.1. The highest BCUT2D eigenvalue weighted by Gasteiger charge is 2.48. The number of hydrogen-bond acceptors (Lipinski definition) is 5. The Morgan fingerprint density at radius 1 is 1.32 bits per heavy atom. The van der Waals surface area contributed by atoms with E-state index in [1.807, 2.05) is 0 Å². The second-order valence-electron chi connectivity index (χ2n) is 3.12. The monoisotopic (exact) mass is 410 g/mol. The third kappa shape index (κ3) is 3.72. The Balaban J connectivity index is 3.09. The number of esters is 1. The smallest absolute Gasteiger partial charge is 0.465 e. The van der Waals surface area contributed by atoms with Gasteiger partial charge in [-0.1, -0.05) is 0 Å². The van der Waals surface area contributed by atoms with Gasteiger partial charge in [-0.3, -0.25) is 0 Å². The van der Waals surface area contributed by atoms with Crippen LogP contribution >= 0.6 is 22.6 Å². The molecule has 0 heterocycles. The highest BCUT2D eigenvalue weighted by atomic mass is 127. The van der Waals surface area contributed by atoms with E-state index in [1.165, 1.54) is 22.6 Å². The van der Waals surface area contributed by atoms with Crippen LogP contribution in [0.2, 0.25) is 0 Å². The molecule has 1 rings (SSSR count). The van der Waals surface area contributed by atoms with E-state index in [1.54, 1.807) is 0 Å². The summed E-state index contributed by atoms with van der Waals surface area (Å²) in [6, 6.07) is 3.18. The van der Waals surface area contributed by atoms with Gasteiger partial charge in [0.05, 0.1) is 16.2 Å². The first-order valence-corrected chi connectivity index (χ1v) is 6.96. The summed E-state index contributed by atoms with van der Waals surface area (Å²) in [5.41, 5.74) is -5.46. The number of halogens is 4. The van der Waals surface area contributed by atoms with E-state index in [0.29, 0.717) is 0 Å². The predicted octanol–water partition coefficient (Wildman–Crippen LogP) is 2.31. The normalized spacial score (nSPS) is 12.1. The minimum atomic E-state index is -5.73. The molecule has 19 heavy (non-hydrogen) atoms. The Morgan fingerprint density at radius 2 is 1.89 bits per heavy atom. The van der Waals surface area contributed by atoms with Crippen molar-refractivity contribution in [1.82, 2.24) is 0 Å². The summed E-state index contributed by atoms with van der Waals surface area (Å²) < 4.78 is 66.4. The molecule has 0 spiro atoms. The van der Waals surface area contributed by atoms with Gasteiger partial charge in [0.15, 0.2) is 5.75 Å². The van der Waals surface area contributed by atoms with Gasteiger partial charge in [-0.15, -0.1) is 0 Å². The number of carbonyl (C=O) groups excluding carboxylic acids is 1. The zero-order valence-corrected chi connectivity index (χ0v) is 12.2. The van der Waals surface area contributed by atoms with Crippen LogP contribution in [0.4, 0.5) is 13.2 Å². The number of carbonyl (C=O) groups is 1. The van der Waals surface area contributed by atoms with Crippen LogP contribution in [0.3, 0.4) is 0 Å². The van der Waals surface area contributed by atoms with Crippen molar-refractivity contribution in [3.8, 4) is 5.75 Å². The zero-order chi connectivity index (χ0) is 14.8. The number of ether oxygens (including phenoxy) is 1. The predicted molar refractivity (Wildman–Crippen MR) is 66.1 cm³/mol. The molecule has 10 heteroatoms. The van der Waals surface area contributed by atoms with Gasteiger partial charge in [-0.05, 0) is 40.8 Å². The largest absolute Gasteiger partial charge is 0.534 e. The van der Waals surface area contributed by atoms with Crippen molar-refractivity contribution >= 4 is 38.7 Å². The molecule has 0 saturated carbocycles. The standard InChI is InChI=1S/C9H6F3IO5S/c1-17-8(14)5-2-3-7(6(13)4-5)18-19(15,16)9(10,11)12/h2-4H,1H3. The van der Waals surface area contributed by atoms with E-state index >= 15 is 0 Å². The second kappa shape index (κ2) is 5.53. The summed E-state index contributed by atoms with van der Waals surface area (Å²) >= 11 is 1.54. The number of hydrogen-bond donors (Lipinski definition) is 0. The summed E-state index contributed by atoms with van der Waals surface area (Å²) in [5, 5.41) is 0. The molecule has 0 amide bonds. The summed E-state index contributed by atoms with van der Waals surface area (Å²) in [5.74, 6) is -1.23. The average Bonchev–Trinajstić information content (AvgIpc) is 2.29. The first kappa shape index (κ1) is 16.0. The molecular formula is C9H6F3IO5S. The Hall–Kier alpha value is -1.04. The second-order valence-corrected chi connectivity index (χ2v) is 5.82. The quantitative estimate of drug-likeness (QED) is 0.331. The van der Waals surface area contributed by atoms with Crippen molar-refractivity contribution < 1.29 is 35.3 Å². The first-order valence-electron chi connectivity index (χ1n) is 4.47. The molecule has 0 aromatic heterocycles. The summed E-state index contributed by atoms with van der Waals surface area (Å²) in [7, 11) is -4.60. The Morgan fingerprint density at radius 3 is 2.32 bits per heavy atom. The SMILES string of the molecule is COC(=O)c1ccc(OS(=O)(=O)C(F)(F)F)c(I)c1. The number of benzene rings is 1. The van der Waals surface area contributed by atoms with Gasteiger partial charge in [-0.25, -0.2) is 4.79 Å². The van der Waals surface area contributed by atoms with Crippen LogP contribution in [0.1, 0.15) is 10.4 Å². The lowest BCUT2D eigenvalue weighted by Crippen LogP contribution is -2.28. The zero-order valence-electron chi connectivity index (χ0n) is 9.19. The maximum atomic E-state index is 12.1. The van der Waals surface area contributed by atoms with Crippen molar-refractivity contribution in [3.05, 3.63) is 27.3 Å². The summed E-state index contributed by atoms with van der Waals surface area (Å²) in [4.78, 5) is 11.2. The molecule has 0 aliphatic carbocycles. The third-order valence-corrected chi connectivity index (χ3v) is 3.64. The minimum absolute atomic E-state index is 0.0216. The summed E-state index contributed by atoms with van der Waals surface area (Å²) in [6.45, 7) is 0. The maximum Gasteiger partial charge on any atom is 0.534 e. The molecule has 5 nitrogen and oxygen atoms in total. The van der Waals surface area contributed by atoms with Gasteiger partial charge in [0.1, 0.15) is 0 Å². The van der Waals surface area contributed by atoms with Crippen LogP contribution in [0.5, 0.6) is 5.75 Å². The van der Waals surface area contributed by atoms with Crippen molar-refractivity contribution in [3.63, 3.8) is 0 Å². The molecule has 0 atom stereocenters. The molecule has 0 radical (unpaired) electrons. The average molecular weight is 410 g/mol. The van der Waals surface area contributed by atoms with Crippen LogP contribution in [0.15, 0.2) is 18.2 Å². The van der Waals surface area contributed by atoms with Gasteiger partial charge >= 0.3 is 21.6 Å². The van der Waals surface area contributed by atoms with Crippen LogP contribution < -0.4 is 4.18 Å². The molecule has 1 aromatic rings. The number of methoxy groups -OCH3 is 1. The third-order valence-electron chi connectivity index (χ3n) is 1.84. The van der Waals surface area contributed by atoms with Gasteiger partial charge < -0.3 is 8.92 Å². The lowest BCUT2D eigenvalue weighted by molar-refractivity contribution is -0.0500. The minimum Gasteiger partial charge on any atom is -0.465 e. The Bertz CT molecular complexity index is 596. The molecule has 0 saturated heterocycles. The van der Waals surface area contributed by atoms with E-state index in [4.69, 9.17) is 0 Å². The molecule has 106 valence electrons. The fourth-order valence-electron chi connectivity index (χ4n) is 0.979. The van der Waals surface area contributed by atoms with Gasteiger partial charge in [-0.2, -0.15) is 21.6 Å². The molecule has 1 aromatic carbocycles. The Labute approximate surface area is 120 Å². The Kier molecular flexibility index (Phi) is 4.66. The molecular weight excluding hydrogens is 404 g/mol. The van der Waals surface area contributed by atoms with Crippen molar-refractivity contribution in [2.45, 2.75) is 5.51 Å². The van der Waals surface area contributed by atoms with Gasteiger partial charge in [0.2, 0.25) is 0 Å². The van der Waals surface area contributed by atoms with Crippen molar-refractivity contribution in [2.75, 3.05) is 7.11 Å². The summed E-state index contributed by atoms with van der Waals surface area (Å²) in [6.07, 6.45) is 0. The molecule has 0 aliphatic rings. The molecule has 0 aliphatic heterocycles. The highest BCUT2D eigenvalue weighted by Crippen LogP contribution is 2.30. The van der Waals surface area contributed by atoms with E-state index in [2.05, 4.69) is 8.92 Å². The number of rotatable bonds is 3. The van der Waals surface area contributed by atoms with Crippen molar-refractivity contribution in [1.29, 1.82) is 0 Å². The van der Waals surface area contributed by atoms with Crippen LogP contribution in [-0.4, -0.2) is 27.0 Å². The van der Waals surface area contributed by atoms with E-state index in [0.717, 1.165) is 25.3 Å².